The second kappa shape index (κ2) is 5.83. The highest BCUT2D eigenvalue weighted by Gasteiger charge is 2.10. The molecule has 0 saturated carbocycles. The van der Waals surface area contributed by atoms with Crippen LogP contribution in [0.15, 0.2) is 12.1 Å². The number of alkyl halides is 2. The minimum absolute atomic E-state index is 0.392. The number of hydrogen-bond donors (Lipinski definition) is 0. The highest BCUT2D eigenvalue weighted by atomic mass is 35.5. The van der Waals surface area contributed by atoms with E-state index in [0.717, 1.165) is 5.19 Å². The lowest BCUT2D eigenvalue weighted by Crippen LogP contribution is -2.18. The zero-order valence-corrected chi connectivity index (χ0v) is 11.6. The van der Waals surface area contributed by atoms with Crippen LogP contribution < -0.4 is 5.19 Å². The number of hydrogen-bond acceptors (Lipinski definition) is 0. The van der Waals surface area contributed by atoms with E-state index in [1.165, 1.54) is 0 Å². The smallest absolute Gasteiger partial charge is 0.105 e. The Bertz CT molecular complexity index is 303. The molecule has 0 aliphatic heterocycles. The maximum Gasteiger partial charge on any atom is 0.105 e. The van der Waals surface area contributed by atoms with Crippen molar-refractivity contribution in [2.75, 3.05) is 0 Å². The zero-order chi connectivity index (χ0) is 10.7. The van der Waals surface area contributed by atoms with Crippen LogP contribution in [0.5, 0.6) is 0 Å². The van der Waals surface area contributed by atoms with E-state index in [-0.39, 0.29) is 0 Å². The van der Waals surface area contributed by atoms with Gasteiger partial charge >= 0.3 is 0 Å². The first-order valence-electron chi connectivity index (χ1n) is 3.67. The van der Waals surface area contributed by atoms with Gasteiger partial charge in [0.05, 0.1) is 9.52 Å². The first-order valence-corrected chi connectivity index (χ1v) is 6.88. The number of halogens is 5. The van der Waals surface area contributed by atoms with Crippen molar-refractivity contribution in [3.8, 4) is 0 Å². The van der Waals surface area contributed by atoms with Crippen molar-refractivity contribution in [3.63, 3.8) is 0 Å². The van der Waals surface area contributed by atoms with E-state index in [0.29, 0.717) is 30.6 Å². The maximum atomic E-state index is 5.97. The molecular formula is C8H5Cl5Si. The van der Waals surface area contributed by atoms with Crippen LogP contribution in [0.4, 0.5) is 0 Å². The molecule has 0 atom stereocenters. The molecule has 0 bridgehead atoms. The summed E-state index contributed by atoms with van der Waals surface area (Å²) in [6.45, 7) is 0. The van der Waals surface area contributed by atoms with E-state index in [1.54, 1.807) is 12.1 Å². The lowest BCUT2D eigenvalue weighted by Gasteiger charge is -2.06. The van der Waals surface area contributed by atoms with E-state index in [9.17, 15) is 0 Å². The van der Waals surface area contributed by atoms with Crippen LogP contribution in [0.2, 0.25) is 21.1 Å². The Labute approximate surface area is 110 Å². The second-order valence-electron chi connectivity index (χ2n) is 2.52. The van der Waals surface area contributed by atoms with Crippen LogP contribution in [0.3, 0.4) is 0 Å². The van der Waals surface area contributed by atoms with Crippen molar-refractivity contribution in [1.82, 2.24) is 0 Å². The van der Waals surface area contributed by atoms with Crippen LogP contribution in [0, 0.1) is 0 Å². The summed E-state index contributed by atoms with van der Waals surface area (Å²) in [5.74, 6) is 0. The van der Waals surface area contributed by atoms with Crippen molar-refractivity contribution in [2.24, 2.45) is 0 Å². The Morgan fingerprint density at radius 2 is 1.57 bits per heavy atom. The molecule has 2 radical (unpaired) electrons. The maximum absolute atomic E-state index is 5.97. The first kappa shape index (κ1) is 13.0. The van der Waals surface area contributed by atoms with E-state index >= 15 is 0 Å². The van der Waals surface area contributed by atoms with E-state index in [2.05, 4.69) is 0 Å². The van der Waals surface area contributed by atoms with Gasteiger partial charge < -0.3 is 0 Å². The van der Waals surface area contributed by atoms with Crippen molar-refractivity contribution in [3.05, 3.63) is 27.2 Å². The van der Waals surface area contributed by atoms with Gasteiger partial charge in [0.2, 0.25) is 0 Å². The summed E-state index contributed by atoms with van der Waals surface area (Å²) in [5.41, 5.74) is 0. The molecule has 0 aliphatic carbocycles. The molecule has 6 heteroatoms. The van der Waals surface area contributed by atoms with Crippen molar-refractivity contribution >= 4 is 72.7 Å². The Hall–Kier alpha value is 0.887. The third-order valence-electron chi connectivity index (χ3n) is 1.44. The lowest BCUT2D eigenvalue weighted by molar-refractivity contribution is 1.36. The Morgan fingerprint density at radius 1 is 1.07 bits per heavy atom. The quantitative estimate of drug-likeness (QED) is 0.580. The topological polar surface area (TPSA) is 0 Å². The summed E-state index contributed by atoms with van der Waals surface area (Å²) >= 11 is 29.0. The third-order valence-corrected chi connectivity index (χ3v) is 4.90. The van der Waals surface area contributed by atoms with Gasteiger partial charge in [-0.1, -0.05) is 34.8 Å². The molecule has 0 spiro atoms. The summed E-state index contributed by atoms with van der Waals surface area (Å²) in [6, 6.07) is 3.97. The van der Waals surface area contributed by atoms with Gasteiger partial charge in [0, 0.05) is 15.1 Å². The van der Waals surface area contributed by atoms with Gasteiger partial charge in [-0.2, -0.15) is 0 Å². The fourth-order valence-electron chi connectivity index (χ4n) is 0.890. The van der Waals surface area contributed by atoms with E-state index in [4.69, 9.17) is 58.0 Å². The molecule has 0 aromatic heterocycles. The van der Waals surface area contributed by atoms with Gasteiger partial charge in [-0.15, -0.1) is 23.2 Å². The Balaban J connectivity index is 2.86. The summed E-state index contributed by atoms with van der Waals surface area (Å²) in [5, 5.41) is 2.52. The zero-order valence-electron chi connectivity index (χ0n) is 6.83. The Morgan fingerprint density at radius 3 is 2.00 bits per heavy atom. The SMILES string of the molecule is Clc1cc(Cl)c([Si]CC(Cl)Cl)c(Cl)c1. The summed E-state index contributed by atoms with van der Waals surface area (Å²) in [6.07, 6.45) is 0. The van der Waals surface area contributed by atoms with Gasteiger partial charge in [0.1, 0.15) is 4.84 Å². The predicted octanol–water partition coefficient (Wildman–Crippen LogP) is 4.20. The molecule has 0 aliphatic rings. The highest BCUT2D eigenvalue weighted by molar-refractivity contribution is 6.65. The van der Waals surface area contributed by atoms with Gasteiger partial charge in [0.25, 0.3) is 0 Å². The van der Waals surface area contributed by atoms with Crippen molar-refractivity contribution in [1.29, 1.82) is 0 Å². The molecule has 0 nitrogen and oxygen atoms in total. The third kappa shape index (κ3) is 3.80. The molecule has 1 aromatic carbocycles. The van der Waals surface area contributed by atoms with Crippen LogP contribution in [0.1, 0.15) is 0 Å². The van der Waals surface area contributed by atoms with Crippen LogP contribution >= 0.6 is 58.0 Å². The largest absolute Gasteiger partial charge is 0.106 e. The fourth-order valence-corrected chi connectivity index (χ4v) is 3.41. The molecular weight excluding hydrogens is 301 g/mol. The predicted molar refractivity (Wildman–Crippen MR) is 67.2 cm³/mol. The molecule has 0 heterocycles. The van der Waals surface area contributed by atoms with E-state index < -0.39 is 4.84 Å². The lowest BCUT2D eigenvalue weighted by atomic mass is 10.3. The normalized spacial score (nSPS) is 11.0. The van der Waals surface area contributed by atoms with Gasteiger partial charge in [-0.05, 0) is 23.4 Å². The molecule has 0 amide bonds. The second-order valence-corrected chi connectivity index (χ2v) is 6.31. The van der Waals surface area contributed by atoms with E-state index in [1.807, 2.05) is 0 Å². The Kier molecular flexibility index (Phi) is 5.40. The summed E-state index contributed by atoms with van der Waals surface area (Å²) < 4.78 is 0. The van der Waals surface area contributed by atoms with Crippen molar-refractivity contribution < 1.29 is 0 Å². The molecule has 1 aromatic rings. The fraction of sp³-hybridized carbons (Fsp3) is 0.250. The molecule has 14 heavy (non-hydrogen) atoms. The van der Waals surface area contributed by atoms with Gasteiger partial charge in [-0.3, -0.25) is 0 Å². The average Bonchev–Trinajstić information content (AvgIpc) is 2.01. The van der Waals surface area contributed by atoms with Crippen molar-refractivity contribution in [2.45, 2.75) is 10.9 Å². The molecule has 0 unspecified atom stereocenters. The molecule has 0 N–H and O–H groups in total. The number of rotatable bonds is 3. The van der Waals surface area contributed by atoms with Crippen LogP contribution in [-0.2, 0) is 0 Å². The monoisotopic (exact) mass is 304 g/mol. The number of benzene rings is 1. The van der Waals surface area contributed by atoms with Crippen LogP contribution in [0.25, 0.3) is 0 Å². The minimum atomic E-state index is -0.392. The summed E-state index contributed by atoms with van der Waals surface area (Å²) in [7, 11) is 0.392. The molecule has 1 rings (SSSR count). The minimum Gasteiger partial charge on any atom is -0.106 e. The molecule has 0 fully saturated rings. The van der Waals surface area contributed by atoms with Gasteiger partial charge in [0.15, 0.2) is 0 Å². The molecule has 0 saturated heterocycles. The average molecular weight is 306 g/mol. The summed E-state index contributed by atoms with van der Waals surface area (Å²) in [4.78, 5) is -0.392. The van der Waals surface area contributed by atoms with Gasteiger partial charge in [-0.25, -0.2) is 0 Å². The van der Waals surface area contributed by atoms with Crippen LogP contribution in [-0.4, -0.2) is 14.4 Å². The first-order chi connectivity index (χ1) is 6.50. The highest BCUT2D eigenvalue weighted by Crippen LogP contribution is 2.21. The molecule has 76 valence electrons. The standard InChI is InChI=1S/C8H5Cl5Si/c9-4-1-5(10)8(6(11)2-4)14-3-7(12)13/h1-2,7H,3H2.